The second-order valence-electron chi connectivity index (χ2n) is 7.29. The predicted octanol–water partition coefficient (Wildman–Crippen LogP) is 2.85. The summed E-state index contributed by atoms with van der Waals surface area (Å²) in [5, 5.41) is 5.39. The largest absolute Gasteiger partial charge is 0.465 e. The molecule has 0 aliphatic carbocycles. The predicted molar refractivity (Wildman–Crippen MR) is 115 cm³/mol. The highest BCUT2D eigenvalue weighted by atomic mass is 16.3. The maximum absolute atomic E-state index is 12.3. The van der Waals surface area contributed by atoms with Crippen LogP contribution < -0.4 is 10.6 Å². The molecule has 1 aliphatic rings. The SMILES string of the molecule is CCc1ccccc1NC(=O)C(=O)NCC1CCN(C(=O)/C=C/c2ccco2)CC1. The topological polar surface area (TPSA) is 91.7 Å². The number of likely N-dealkylation sites (tertiary alicyclic amines) is 1. The molecular formula is C23H27N3O4. The molecule has 0 unspecified atom stereocenters. The number of benzene rings is 1. The lowest BCUT2D eigenvalue weighted by Crippen LogP contribution is -2.43. The molecular weight excluding hydrogens is 382 g/mol. The standard InChI is InChI=1S/C23H27N3O4/c1-2-18-6-3-4-8-20(18)25-23(29)22(28)24-16-17-11-13-26(14-12-17)21(27)10-9-19-7-5-15-30-19/h3-10,15,17H,2,11-14,16H2,1H3,(H,24,28)(H,25,29)/b10-9+. The number of anilines is 1. The van der Waals surface area contributed by atoms with Crippen LogP contribution in [0.1, 0.15) is 31.1 Å². The zero-order chi connectivity index (χ0) is 21.3. The van der Waals surface area contributed by atoms with Crippen molar-refractivity contribution in [3.8, 4) is 0 Å². The molecule has 7 heteroatoms. The van der Waals surface area contributed by atoms with Gasteiger partial charge < -0.3 is 20.0 Å². The van der Waals surface area contributed by atoms with Crippen LogP contribution in [0.2, 0.25) is 0 Å². The molecule has 1 saturated heterocycles. The van der Waals surface area contributed by atoms with E-state index in [0.29, 0.717) is 31.1 Å². The number of para-hydroxylation sites is 1. The summed E-state index contributed by atoms with van der Waals surface area (Å²) in [6.45, 7) is 3.66. The maximum Gasteiger partial charge on any atom is 0.313 e. The highest BCUT2D eigenvalue weighted by molar-refractivity contribution is 6.39. The molecule has 0 bridgehead atoms. The van der Waals surface area contributed by atoms with Gasteiger partial charge in [0.15, 0.2) is 0 Å². The van der Waals surface area contributed by atoms with Gasteiger partial charge in [0.25, 0.3) is 0 Å². The molecule has 158 valence electrons. The van der Waals surface area contributed by atoms with E-state index in [2.05, 4.69) is 10.6 Å². The molecule has 0 saturated carbocycles. The number of carbonyl (C=O) groups is 3. The monoisotopic (exact) mass is 409 g/mol. The van der Waals surface area contributed by atoms with Crippen LogP contribution >= 0.6 is 0 Å². The fraction of sp³-hybridized carbons (Fsp3) is 0.348. The zero-order valence-electron chi connectivity index (χ0n) is 17.1. The van der Waals surface area contributed by atoms with Gasteiger partial charge in [-0.3, -0.25) is 14.4 Å². The summed E-state index contributed by atoms with van der Waals surface area (Å²) in [6, 6.07) is 11.0. The molecule has 0 radical (unpaired) electrons. The molecule has 7 nitrogen and oxygen atoms in total. The Morgan fingerprint density at radius 2 is 1.87 bits per heavy atom. The molecule has 1 fully saturated rings. The lowest BCUT2D eigenvalue weighted by Gasteiger charge is -2.31. The van der Waals surface area contributed by atoms with Crippen LogP contribution in [0.5, 0.6) is 0 Å². The maximum atomic E-state index is 12.3. The van der Waals surface area contributed by atoms with Gasteiger partial charge in [0, 0.05) is 31.4 Å². The van der Waals surface area contributed by atoms with E-state index in [9.17, 15) is 14.4 Å². The number of carbonyl (C=O) groups excluding carboxylic acids is 3. The molecule has 2 heterocycles. The smallest absolute Gasteiger partial charge is 0.313 e. The van der Waals surface area contributed by atoms with Gasteiger partial charge in [-0.2, -0.15) is 0 Å². The van der Waals surface area contributed by atoms with Gasteiger partial charge in [-0.25, -0.2) is 0 Å². The second-order valence-corrected chi connectivity index (χ2v) is 7.29. The number of furan rings is 1. The Kier molecular flexibility index (Phi) is 7.43. The minimum atomic E-state index is -0.661. The van der Waals surface area contributed by atoms with E-state index in [4.69, 9.17) is 4.42 Å². The van der Waals surface area contributed by atoms with Crippen LogP contribution in [-0.2, 0) is 20.8 Å². The van der Waals surface area contributed by atoms with Crippen molar-refractivity contribution in [3.05, 3.63) is 60.1 Å². The molecule has 30 heavy (non-hydrogen) atoms. The molecule has 0 atom stereocenters. The Hall–Kier alpha value is -3.35. The van der Waals surface area contributed by atoms with E-state index in [0.717, 1.165) is 24.8 Å². The van der Waals surface area contributed by atoms with Crippen LogP contribution in [-0.4, -0.2) is 42.3 Å². The van der Waals surface area contributed by atoms with Gasteiger partial charge in [0.05, 0.1) is 6.26 Å². The Bertz CT molecular complexity index is 897. The van der Waals surface area contributed by atoms with Crippen molar-refractivity contribution in [3.63, 3.8) is 0 Å². The van der Waals surface area contributed by atoms with Crippen molar-refractivity contribution in [1.82, 2.24) is 10.2 Å². The Labute approximate surface area is 176 Å². The number of piperidine rings is 1. The minimum Gasteiger partial charge on any atom is -0.465 e. The second kappa shape index (κ2) is 10.4. The molecule has 2 aromatic rings. The van der Waals surface area contributed by atoms with E-state index in [1.165, 1.54) is 6.08 Å². The highest BCUT2D eigenvalue weighted by Crippen LogP contribution is 2.18. The average Bonchev–Trinajstić information content (AvgIpc) is 3.30. The summed E-state index contributed by atoms with van der Waals surface area (Å²) in [4.78, 5) is 38.4. The number of rotatable bonds is 6. The summed E-state index contributed by atoms with van der Waals surface area (Å²) in [7, 11) is 0. The third kappa shape index (κ3) is 5.83. The van der Waals surface area contributed by atoms with Crippen molar-refractivity contribution in [2.75, 3.05) is 25.0 Å². The van der Waals surface area contributed by atoms with Gasteiger partial charge in [-0.15, -0.1) is 0 Å². The van der Waals surface area contributed by atoms with Gasteiger partial charge in [-0.05, 0) is 55.0 Å². The van der Waals surface area contributed by atoms with Gasteiger partial charge in [0.2, 0.25) is 5.91 Å². The van der Waals surface area contributed by atoms with Crippen molar-refractivity contribution in [2.45, 2.75) is 26.2 Å². The average molecular weight is 409 g/mol. The van der Waals surface area contributed by atoms with E-state index >= 15 is 0 Å². The first-order valence-electron chi connectivity index (χ1n) is 10.2. The normalized spacial score (nSPS) is 14.6. The van der Waals surface area contributed by atoms with Gasteiger partial charge in [0.1, 0.15) is 5.76 Å². The summed E-state index contributed by atoms with van der Waals surface area (Å²) in [5.41, 5.74) is 1.64. The highest BCUT2D eigenvalue weighted by Gasteiger charge is 2.23. The quantitative estimate of drug-likeness (QED) is 0.567. The van der Waals surface area contributed by atoms with E-state index < -0.39 is 11.8 Å². The molecule has 3 rings (SSSR count). The van der Waals surface area contributed by atoms with Crippen LogP contribution in [0, 0.1) is 5.92 Å². The van der Waals surface area contributed by atoms with E-state index in [-0.39, 0.29) is 11.8 Å². The third-order valence-corrected chi connectivity index (χ3v) is 5.26. The Morgan fingerprint density at radius 1 is 1.10 bits per heavy atom. The lowest BCUT2D eigenvalue weighted by molar-refractivity contribution is -0.136. The number of aryl methyl sites for hydroxylation is 1. The molecule has 1 aromatic carbocycles. The van der Waals surface area contributed by atoms with Crippen LogP contribution in [0.4, 0.5) is 5.69 Å². The summed E-state index contributed by atoms with van der Waals surface area (Å²) < 4.78 is 5.18. The van der Waals surface area contributed by atoms with E-state index in [1.807, 2.05) is 25.1 Å². The Balaban J connectivity index is 1.40. The van der Waals surface area contributed by atoms with Gasteiger partial charge in [-0.1, -0.05) is 25.1 Å². The van der Waals surface area contributed by atoms with Crippen molar-refractivity contribution in [2.24, 2.45) is 5.92 Å². The molecule has 3 amide bonds. The minimum absolute atomic E-state index is 0.0529. The fourth-order valence-electron chi connectivity index (χ4n) is 3.45. The number of hydrogen-bond donors (Lipinski definition) is 2. The number of nitrogens with zero attached hydrogens (tertiary/aromatic N) is 1. The van der Waals surface area contributed by atoms with Crippen LogP contribution in [0.25, 0.3) is 6.08 Å². The fourth-order valence-corrected chi connectivity index (χ4v) is 3.45. The molecule has 1 aromatic heterocycles. The number of hydrogen-bond acceptors (Lipinski definition) is 4. The molecule has 2 N–H and O–H groups in total. The van der Waals surface area contributed by atoms with E-state index in [1.54, 1.807) is 35.4 Å². The third-order valence-electron chi connectivity index (χ3n) is 5.26. The number of amides is 3. The summed E-state index contributed by atoms with van der Waals surface area (Å²) in [6.07, 6.45) is 7.06. The lowest BCUT2D eigenvalue weighted by atomic mass is 9.96. The molecule has 0 spiro atoms. The van der Waals surface area contributed by atoms with Crippen LogP contribution in [0.15, 0.2) is 53.2 Å². The first-order chi connectivity index (χ1) is 14.6. The summed E-state index contributed by atoms with van der Waals surface area (Å²) >= 11 is 0. The summed E-state index contributed by atoms with van der Waals surface area (Å²) in [5.74, 6) is -0.473. The van der Waals surface area contributed by atoms with Crippen molar-refractivity contribution < 1.29 is 18.8 Å². The number of nitrogens with one attached hydrogen (secondary N) is 2. The first-order valence-corrected chi connectivity index (χ1v) is 10.2. The molecule has 1 aliphatic heterocycles. The van der Waals surface area contributed by atoms with Crippen molar-refractivity contribution in [1.29, 1.82) is 0 Å². The van der Waals surface area contributed by atoms with Crippen LogP contribution in [0.3, 0.4) is 0 Å². The first kappa shape index (κ1) is 21.4. The van der Waals surface area contributed by atoms with Crippen molar-refractivity contribution >= 4 is 29.5 Å². The zero-order valence-corrected chi connectivity index (χ0v) is 17.1. The van der Waals surface area contributed by atoms with Gasteiger partial charge >= 0.3 is 11.8 Å². The Morgan fingerprint density at radius 3 is 2.57 bits per heavy atom.